The third-order valence-corrected chi connectivity index (χ3v) is 1.43. The predicted octanol–water partition coefficient (Wildman–Crippen LogP) is 2.98. The summed E-state index contributed by atoms with van der Waals surface area (Å²) in [4.78, 5) is 0. The van der Waals surface area contributed by atoms with Gasteiger partial charge < -0.3 is 4.74 Å². The smallest absolute Gasteiger partial charge is 0.0982 e. The Morgan fingerprint density at radius 2 is 2.00 bits per heavy atom. The maximum Gasteiger partial charge on any atom is 0.0982 e. The highest BCUT2D eigenvalue weighted by molar-refractivity contribution is 4.98. The SMILES string of the molecule is C=COCCC#CCCC(C)C. The lowest BCUT2D eigenvalue weighted by molar-refractivity contribution is 0.259. The normalized spacial score (nSPS) is 8.92. The zero-order valence-corrected chi connectivity index (χ0v) is 8.10. The van der Waals surface area contributed by atoms with Gasteiger partial charge >= 0.3 is 0 Å². The van der Waals surface area contributed by atoms with Crippen molar-refractivity contribution in [3.05, 3.63) is 12.8 Å². The van der Waals surface area contributed by atoms with Crippen molar-refractivity contribution in [2.75, 3.05) is 6.61 Å². The number of ether oxygens (including phenoxy) is 1. The van der Waals surface area contributed by atoms with Gasteiger partial charge in [-0.2, -0.15) is 0 Å². The lowest BCUT2D eigenvalue weighted by Gasteiger charge is -1.96. The van der Waals surface area contributed by atoms with E-state index in [-0.39, 0.29) is 0 Å². The Morgan fingerprint density at radius 1 is 1.33 bits per heavy atom. The minimum atomic E-state index is 0.665. The van der Waals surface area contributed by atoms with Crippen LogP contribution in [0.5, 0.6) is 0 Å². The van der Waals surface area contributed by atoms with Crippen molar-refractivity contribution in [2.24, 2.45) is 5.92 Å². The van der Waals surface area contributed by atoms with Gasteiger partial charge in [-0.25, -0.2) is 0 Å². The molecule has 0 unspecified atom stereocenters. The molecule has 12 heavy (non-hydrogen) atoms. The van der Waals surface area contributed by atoms with Gasteiger partial charge in [0.1, 0.15) is 0 Å². The predicted molar refractivity (Wildman–Crippen MR) is 52.6 cm³/mol. The molecule has 0 atom stereocenters. The van der Waals surface area contributed by atoms with Crippen LogP contribution in [-0.2, 0) is 4.74 Å². The zero-order chi connectivity index (χ0) is 9.23. The summed E-state index contributed by atoms with van der Waals surface area (Å²) >= 11 is 0. The molecule has 1 nitrogen and oxygen atoms in total. The third-order valence-electron chi connectivity index (χ3n) is 1.43. The molecule has 1 heteroatoms. The molecule has 0 amide bonds. The zero-order valence-electron chi connectivity index (χ0n) is 8.10. The Morgan fingerprint density at radius 3 is 2.58 bits per heavy atom. The molecule has 0 aromatic carbocycles. The van der Waals surface area contributed by atoms with Gasteiger partial charge in [0.15, 0.2) is 0 Å². The summed E-state index contributed by atoms with van der Waals surface area (Å²) in [6.07, 6.45) is 4.46. The van der Waals surface area contributed by atoms with E-state index in [0.29, 0.717) is 6.61 Å². The maximum absolute atomic E-state index is 4.92. The molecule has 0 aromatic rings. The monoisotopic (exact) mass is 166 g/mol. The molecule has 0 aliphatic carbocycles. The molecule has 0 aliphatic rings. The van der Waals surface area contributed by atoms with Crippen LogP contribution in [-0.4, -0.2) is 6.61 Å². The van der Waals surface area contributed by atoms with Crippen LogP contribution < -0.4 is 0 Å². The second-order valence-electron chi connectivity index (χ2n) is 3.07. The highest BCUT2D eigenvalue weighted by atomic mass is 16.5. The van der Waals surface area contributed by atoms with Crippen molar-refractivity contribution in [1.82, 2.24) is 0 Å². The lowest BCUT2D eigenvalue weighted by Crippen LogP contribution is -1.85. The largest absolute Gasteiger partial charge is 0.501 e. The molecule has 68 valence electrons. The maximum atomic E-state index is 4.92. The number of hydrogen-bond acceptors (Lipinski definition) is 1. The fraction of sp³-hybridized carbons (Fsp3) is 0.636. The van der Waals surface area contributed by atoms with Gasteiger partial charge in [-0.1, -0.05) is 26.3 Å². The summed E-state index contributed by atoms with van der Waals surface area (Å²) in [5.41, 5.74) is 0. The molecule has 0 aromatic heterocycles. The molecule has 0 N–H and O–H groups in total. The Bertz CT molecular complexity index is 160. The van der Waals surface area contributed by atoms with Gasteiger partial charge in [0.25, 0.3) is 0 Å². The summed E-state index contributed by atoms with van der Waals surface area (Å²) < 4.78 is 4.92. The number of rotatable bonds is 5. The topological polar surface area (TPSA) is 9.23 Å². The Labute approximate surface area is 75.8 Å². The molecular weight excluding hydrogens is 148 g/mol. The second-order valence-corrected chi connectivity index (χ2v) is 3.07. The molecule has 0 spiro atoms. The first-order valence-corrected chi connectivity index (χ1v) is 4.45. The first kappa shape index (κ1) is 11.1. The van der Waals surface area contributed by atoms with E-state index in [2.05, 4.69) is 32.3 Å². The van der Waals surface area contributed by atoms with E-state index in [1.54, 1.807) is 0 Å². The molecule has 0 heterocycles. The lowest BCUT2D eigenvalue weighted by atomic mass is 10.1. The quantitative estimate of drug-likeness (QED) is 0.346. The molecule has 0 rings (SSSR count). The average molecular weight is 166 g/mol. The standard InChI is InChI=1S/C11H18O/c1-4-12-10-8-6-5-7-9-11(2)3/h4,11H,1,7-10H2,2-3H3. The number of hydrogen-bond donors (Lipinski definition) is 0. The summed E-state index contributed by atoms with van der Waals surface area (Å²) in [7, 11) is 0. The fourth-order valence-electron chi connectivity index (χ4n) is 0.731. The average Bonchev–Trinajstić information content (AvgIpc) is 2.02. The first-order valence-electron chi connectivity index (χ1n) is 4.45. The van der Waals surface area contributed by atoms with E-state index in [9.17, 15) is 0 Å². The minimum Gasteiger partial charge on any atom is -0.501 e. The Balaban J connectivity index is 3.17. The molecule has 0 bridgehead atoms. The summed E-state index contributed by atoms with van der Waals surface area (Å²) in [5.74, 6) is 6.92. The molecule has 0 saturated carbocycles. The van der Waals surface area contributed by atoms with Crippen molar-refractivity contribution in [3.63, 3.8) is 0 Å². The van der Waals surface area contributed by atoms with Crippen LogP contribution in [0.1, 0.15) is 33.1 Å². The molecular formula is C11H18O. The summed E-state index contributed by atoms with van der Waals surface area (Å²) in [5, 5.41) is 0. The Hall–Kier alpha value is -0.900. The van der Waals surface area contributed by atoms with Gasteiger partial charge in [-0.05, 0) is 12.3 Å². The highest BCUT2D eigenvalue weighted by Crippen LogP contribution is 2.01. The van der Waals surface area contributed by atoms with E-state index in [0.717, 1.165) is 18.8 Å². The van der Waals surface area contributed by atoms with Crippen molar-refractivity contribution in [2.45, 2.75) is 33.1 Å². The van der Waals surface area contributed by atoms with Gasteiger partial charge in [0, 0.05) is 12.8 Å². The third kappa shape index (κ3) is 9.10. The van der Waals surface area contributed by atoms with Crippen LogP contribution in [0.25, 0.3) is 0 Å². The minimum absolute atomic E-state index is 0.665. The van der Waals surface area contributed by atoms with Crippen molar-refractivity contribution in [1.29, 1.82) is 0 Å². The highest BCUT2D eigenvalue weighted by Gasteiger charge is 1.88. The van der Waals surface area contributed by atoms with Crippen LogP contribution in [0.2, 0.25) is 0 Å². The van der Waals surface area contributed by atoms with Crippen LogP contribution in [0.3, 0.4) is 0 Å². The second kappa shape index (κ2) is 8.20. The van der Waals surface area contributed by atoms with Gasteiger partial charge in [0.05, 0.1) is 12.9 Å². The van der Waals surface area contributed by atoms with E-state index in [4.69, 9.17) is 4.74 Å². The van der Waals surface area contributed by atoms with E-state index in [1.165, 1.54) is 12.7 Å². The van der Waals surface area contributed by atoms with Crippen molar-refractivity contribution in [3.8, 4) is 11.8 Å². The van der Waals surface area contributed by atoms with Crippen LogP contribution in [0.15, 0.2) is 12.8 Å². The molecule has 0 saturated heterocycles. The van der Waals surface area contributed by atoms with Crippen LogP contribution in [0.4, 0.5) is 0 Å². The van der Waals surface area contributed by atoms with Gasteiger partial charge in [-0.15, -0.1) is 5.92 Å². The summed E-state index contributed by atoms with van der Waals surface area (Å²) in [6, 6.07) is 0. The van der Waals surface area contributed by atoms with E-state index in [1.807, 2.05) is 0 Å². The summed E-state index contributed by atoms with van der Waals surface area (Å²) in [6.45, 7) is 8.53. The van der Waals surface area contributed by atoms with Gasteiger partial charge in [-0.3, -0.25) is 0 Å². The molecule has 0 fully saturated rings. The molecule has 0 radical (unpaired) electrons. The van der Waals surface area contributed by atoms with Gasteiger partial charge in [0.2, 0.25) is 0 Å². The molecule has 0 aliphatic heterocycles. The van der Waals surface area contributed by atoms with E-state index >= 15 is 0 Å². The fourth-order valence-corrected chi connectivity index (χ4v) is 0.731. The van der Waals surface area contributed by atoms with Crippen LogP contribution >= 0.6 is 0 Å². The van der Waals surface area contributed by atoms with E-state index < -0.39 is 0 Å². The van der Waals surface area contributed by atoms with Crippen LogP contribution in [0, 0.1) is 17.8 Å². The Kier molecular flexibility index (Phi) is 7.58. The first-order chi connectivity index (χ1) is 5.77. The van der Waals surface area contributed by atoms with Crippen molar-refractivity contribution < 1.29 is 4.74 Å². The van der Waals surface area contributed by atoms with Crippen molar-refractivity contribution >= 4 is 0 Å².